The van der Waals surface area contributed by atoms with E-state index in [9.17, 15) is 9.59 Å². The summed E-state index contributed by atoms with van der Waals surface area (Å²) in [6.07, 6.45) is 4.08. The fourth-order valence-electron chi connectivity index (χ4n) is 3.92. The number of hydrogen-bond donors (Lipinski definition) is 3. The zero-order chi connectivity index (χ0) is 25.4. The molecule has 4 rings (SSSR count). The number of ether oxygens (including phenoxy) is 1. The van der Waals surface area contributed by atoms with Crippen molar-refractivity contribution in [2.45, 2.75) is 39.2 Å². The summed E-state index contributed by atoms with van der Waals surface area (Å²) in [5.41, 5.74) is 10.1. The smallest absolute Gasteiger partial charge is 0.407 e. The molecule has 1 aliphatic rings. The molecule has 1 aliphatic heterocycles. The lowest BCUT2D eigenvalue weighted by Crippen LogP contribution is -2.40. The Morgan fingerprint density at radius 2 is 1.89 bits per heavy atom. The van der Waals surface area contributed by atoms with E-state index in [2.05, 4.69) is 33.9 Å². The molecule has 2 amide bonds. The molecular formula is C26H32ClN5O3. The van der Waals surface area contributed by atoms with E-state index in [1.54, 1.807) is 17.2 Å². The van der Waals surface area contributed by atoms with Crippen molar-refractivity contribution in [3.05, 3.63) is 59.5 Å². The Bertz CT molecular complexity index is 1150. The standard InChI is InChI=1S/C23H24ClN5O3.C3H8/c1-32-23(31)27-13-21(30)29-10-2-3-20(29)22-26-12-19(28-22)15-6-4-14(5-7-15)17-9-8-16(25)11-18(17)24;1-3-2/h4-9,11-12,20H,2-3,10,13,25H2,1H3,(H,26,28)(H,27,31);3H2,1-2H3. The molecule has 3 aromatic rings. The average Bonchev–Trinajstić information content (AvgIpc) is 3.53. The monoisotopic (exact) mass is 497 g/mol. The first-order chi connectivity index (χ1) is 16.9. The second-order valence-corrected chi connectivity index (χ2v) is 8.70. The van der Waals surface area contributed by atoms with Crippen LogP contribution >= 0.6 is 11.6 Å². The Hall–Kier alpha value is -3.52. The van der Waals surface area contributed by atoms with Gasteiger partial charge in [0.15, 0.2) is 0 Å². The highest BCUT2D eigenvalue weighted by atomic mass is 35.5. The van der Waals surface area contributed by atoms with Gasteiger partial charge in [-0.3, -0.25) is 4.79 Å². The molecule has 4 N–H and O–H groups in total. The van der Waals surface area contributed by atoms with Crippen LogP contribution in [-0.2, 0) is 9.53 Å². The van der Waals surface area contributed by atoms with Crippen LogP contribution in [-0.4, -0.2) is 47.1 Å². The summed E-state index contributed by atoms with van der Waals surface area (Å²) in [5.74, 6) is 0.565. The number of aromatic nitrogens is 2. The number of benzene rings is 2. The number of alkyl carbamates (subject to hydrolysis) is 1. The van der Waals surface area contributed by atoms with Crippen LogP contribution in [0, 0.1) is 0 Å². The van der Waals surface area contributed by atoms with E-state index in [4.69, 9.17) is 17.3 Å². The molecule has 0 bridgehead atoms. The third-order valence-electron chi connectivity index (χ3n) is 5.55. The van der Waals surface area contributed by atoms with E-state index in [0.29, 0.717) is 17.3 Å². The number of halogens is 1. The summed E-state index contributed by atoms with van der Waals surface area (Å²) in [6.45, 7) is 4.77. The topological polar surface area (TPSA) is 113 Å². The van der Waals surface area contributed by atoms with Crippen molar-refractivity contribution in [3.8, 4) is 22.4 Å². The SMILES string of the molecule is CCC.COC(=O)NCC(=O)N1CCCC1c1ncc(-c2ccc(-c3ccc(N)cc3Cl)cc2)[nH]1. The number of likely N-dealkylation sites (tertiary alicyclic amines) is 1. The number of carbonyl (C=O) groups is 2. The Morgan fingerprint density at radius 3 is 2.54 bits per heavy atom. The number of aromatic amines is 1. The number of carbonyl (C=O) groups excluding carboxylic acids is 2. The molecule has 2 heterocycles. The van der Waals surface area contributed by atoms with E-state index < -0.39 is 6.09 Å². The molecule has 8 nitrogen and oxygen atoms in total. The fraction of sp³-hybridized carbons (Fsp3) is 0.346. The first kappa shape index (κ1) is 26.1. The van der Waals surface area contributed by atoms with Crippen molar-refractivity contribution in [1.29, 1.82) is 0 Å². The number of imidazole rings is 1. The number of methoxy groups -OCH3 is 1. The summed E-state index contributed by atoms with van der Waals surface area (Å²) in [7, 11) is 1.26. The van der Waals surface area contributed by atoms with Crippen LogP contribution in [0.3, 0.4) is 0 Å². The lowest BCUT2D eigenvalue weighted by molar-refractivity contribution is -0.131. The molecule has 186 valence electrons. The molecule has 1 saturated heterocycles. The molecule has 1 aromatic heterocycles. The van der Waals surface area contributed by atoms with Crippen molar-refractivity contribution < 1.29 is 14.3 Å². The van der Waals surface area contributed by atoms with Gasteiger partial charge in [0.05, 0.1) is 30.1 Å². The number of hydrogen-bond acceptors (Lipinski definition) is 5. The fourth-order valence-corrected chi connectivity index (χ4v) is 4.22. The minimum absolute atomic E-state index is 0.105. The molecular weight excluding hydrogens is 466 g/mol. The van der Waals surface area contributed by atoms with Gasteiger partial charge in [0.25, 0.3) is 0 Å². The molecule has 2 aromatic carbocycles. The number of nitrogens with one attached hydrogen (secondary N) is 2. The molecule has 0 aliphatic carbocycles. The summed E-state index contributed by atoms with van der Waals surface area (Å²) >= 11 is 6.33. The van der Waals surface area contributed by atoms with Crippen LogP contribution in [0.15, 0.2) is 48.7 Å². The molecule has 0 radical (unpaired) electrons. The third kappa shape index (κ3) is 6.54. The molecule has 0 spiro atoms. The number of H-pyrrole nitrogens is 1. The number of nitrogens with two attached hydrogens (primary N) is 1. The first-order valence-electron chi connectivity index (χ1n) is 11.7. The van der Waals surface area contributed by atoms with Gasteiger partial charge >= 0.3 is 6.09 Å². The van der Waals surface area contributed by atoms with Crippen LogP contribution in [0.25, 0.3) is 22.4 Å². The highest BCUT2D eigenvalue weighted by molar-refractivity contribution is 6.33. The molecule has 35 heavy (non-hydrogen) atoms. The Kier molecular flexibility index (Phi) is 9.14. The molecule has 1 fully saturated rings. The van der Waals surface area contributed by atoms with Gasteiger partial charge in [-0.15, -0.1) is 0 Å². The van der Waals surface area contributed by atoms with Gasteiger partial charge < -0.3 is 25.7 Å². The normalized spacial score (nSPS) is 14.7. The summed E-state index contributed by atoms with van der Waals surface area (Å²) in [6, 6.07) is 13.3. The van der Waals surface area contributed by atoms with Crippen molar-refractivity contribution in [1.82, 2.24) is 20.2 Å². The zero-order valence-electron chi connectivity index (χ0n) is 20.3. The van der Waals surface area contributed by atoms with Crippen molar-refractivity contribution in [2.75, 3.05) is 25.9 Å². The van der Waals surface area contributed by atoms with E-state index in [-0.39, 0.29) is 18.5 Å². The lowest BCUT2D eigenvalue weighted by Gasteiger charge is -2.23. The number of amides is 2. The predicted molar refractivity (Wildman–Crippen MR) is 139 cm³/mol. The van der Waals surface area contributed by atoms with Crippen LogP contribution < -0.4 is 11.1 Å². The molecule has 1 unspecified atom stereocenters. The predicted octanol–water partition coefficient (Wildman–Crippen LogP) is 5.42. The van der Waals surface area contributed by atoms with Crippen LogP contribution in [0.1, 0.15) is 45.0 Å². The third-order valence-corrected chi connectivity index (χ3v) is 5.87. The van der Waals surface area contributed by atoms with Crippen LogP contribution in [0.5, 0.6) is 0 Å². The van der Waals surface area contributed by atoms with Gasteiger partial charge in [0, 0.05) is 17.8 Å². The quantitative estimate of drug-likeness (QED) is 0.407. The largest absolute Gasteiger partial charge is 0.453 e. The van der Waals surface area contributed by atoms with E-state index in [1.165, 1.54) is 13.5 Å². The minimum atomic E-state index is -0.627. The van der Waals surface area contributed by atoms with Gasteiger partial charge in [0.1, 0.15) is 12.4 Å². The van der Waals surface area contributed by atoms with Crippen molar-refractivity contribution in [2.24, 2.45) is 0 Å². The van der Waals surface area contributed by atoms with Gasteiger partial charge in [-0.1, -0.05) is 62.2 Å². The maximum absolute atomic E-state index is 12.5. The Balaban J connectivity index is 0.00000108. The van der Waals surface area contributed by atoms with Gasteiger partial charge in [-0.05, 0) is 36.1 Å². The molecule has 0 saturated carbocycles. The van der Waals surface area contributed by atoms with E-state index in [0.717, 1.165) is 41.1 Å². The number of anilines is 1. The highest BCUT2D eigenvalue weighted by Crippen LogP contribution is 2.33. The van der Waals surface area contributed by atoms with Crippen molar-refractivity contribution >= 4 is 29.3 Å². The Morgan fingerprint density at radius 1 is 1.20 bits per heavy atom. The number of nitrogens with zero attached hydrogens (tertiary/aromatic N) is 2. The van der Waals surface area contributed by atoms with Crippen LogP contribution in [0.4, 0.5) is 10.5 Å². The minimum Gasteiger partial charge on any atom is -0.453 e. The number of nitrogen functional groups attached to an aromatic ring is 1. The number of rotatable bonds is 5. The van der Waals surface area contributed by atoms with Crippen molar-refractivity contribution in [3.63, 3.8) is 0 Å². The molecule has 9 heteroatoms. The second kappa shape index (κ2) is 12.3. The summed E-state index contributed by atoms with van der Waals surface area (Å²) in [4.78, 5) is 33.4. The maximum Gasteiger partial charge on any atom is 0.407 e. The van der Waals surface area contributed by atoms with E-state index >= 15 is 0 Å². The first-order valence-corrected chi connectivity index (χ1v) is 12.1. The van der Waals surface area contributed by atoms with Gasteiger partial charge in [0.2, 0.25) is 5.91 Å². The van der Waals surface area contributed by atoms with Gasteiger partial charge in [-0.2, -0.15) is 0 Å². The Labute approximate surface area is 210 Å². The summed E-state index contributed by atoms with van der Waals surface area (Å²) in [5, 5.41) is 3.04. The van der Waals surface area contributed by atoms with E-state index in [1.807, 2.05) is 36.4 Å². The summed E-state index contributed by atoms with van der Waals surface area (Å²) < 4.78 is 4.52. The average molecular weight is 498 g/mol. The van der Waals surface area contributed by atoms with Crippen LogP contribution in [0.2, 0.25) is 5.02 Å². The lowest BCUT2D eigenvalue weighted by atomic mass is 10.0. The maximum atomic E-state index is 12.5. The molecule has 1 atom stereocenters. The second-order valence-electron chi connectivity index (χ2n) is 8.30. The highest BCUT2D eigenvalue weighted by Gasteiger charge is 2.32. The van der Waals surface area contributed by atoms with Gasteiger partial charge in [-0.25, -0.2) is 9.78 Å². The zero-order valence-corrected chi connectivity index (χ0v) is 21.1.